The van der Waals surface area contributed by atoms with Crippen LogP contribution < -0.4 is 10.6 Å². The van der Waals surface area contributed by atoms with E-state index in [0.717, 1.165) is 22.4 Å². The molecule has 0 saturated heterocycles. The van der Waals surface area contributed by atoms with Gasteiger partial charge in [0.25, 0.3) is 5.91 Å². The molecule has 1 aromatic carbocycles. The van der Waals surface area contributed by atoms with E-state index < -0.39 is 17.7 Å². The molecule has 0 radical (unpaired) electrons. The molecule has 188 valence electrons. The summed E-state index contributed by atoms with van der Waals surface area (Å²) in [5.41, 5.74) is 3.10. The fourth-order valence-electron chi connectivity index (χ4n) is 3.58. The number of benzene rings is 1. The van der Waals surface area contributed by atoms with E-state index in [1.807, 2.05) is 37.3 Å². The number of nitrogens with zero attached hydrogens (tertiary/aromatic N) is 4. The molecule has 0 bridgehead atoms. The summed E-state index contributed by atoms with van der Waals surface area (Å²) < 4.78 is 18.9. The highest BCUT2D eigenvalue weighted by atomic mass is 19.1. The number of methoxy groups -OCH3 is 1. The van der Waals surface area contributed by atoms with E-state index in [9.17, 15) is 14.0 Å². The molecule has 0 fully saturated rings. The molecule has 0 aliphatic rings. The van der Waals surface area contributed by atoms with Crippen molar-refractivity contribution in [3.63, 3.8) is 0 Å². The number of carbonyl (C=O) groups excluding carboxylic acids is 2. The zero-order valence-electron chi connectivity index (χ0n) is 20.7. The molecule has 0 spiro atoms. The maximum absolute atomic E-state index is 14.3. The fourth-order valence-corrected chi connectivity index (χ4v) is 3.58. The van der Waals surface area contributed by atoms with Crippen LogP contribution in [0, 0.1) is 6.92 Å². The molecular formula is C27H25FN6O3. The van der Waals surface area contributed by atoms with Crippen LogP contribution in [0.2, 0.25) is 0 Å². The third kappa shape index (κ3) is 6.10. The summed E-state index contributed by atoms with van der Waals surface area (Å²) in [5.74, 6) is -0.0925. The van der Waals surface area contributed by atoms with Gasteiger partial charge in [0.1, 0.15) is 17.8 Å². The Hall–Kier alpha value is -4.73. The van der Waals surface area contributed by atoms with Gasteiger partial charge in [0.05, 0.1) is 30.4 Å². The van der Waals surface area contributed by atoms with Crippen LogP contribution >= 0.6 is 0 Å². The fraction of sp³-hybridized carbons (Fsp3) is 0.185. The summed E-state index contributed by atoms with van der Waals surface area (Å²) in [4.78, 5) is 41.2. The second-order valence-electron chi connectivity index (χ2n) is 8.70. The van der Waals surface area contributed by atoms with Crippen molar-refractivity contribution in [2.24, 2.45) is 0 Å². The van der Waals surface area contributed by atoms with Gasteiger partial charge in [0, 0.05) is 34.6 Å². The molecule has 4 aromatic rings. The minimum Gasteiger partial charge on any atom is -0.453 e. The van der Waals surface area contributed by atoms with Gasteiger partial charge in [-0.2, -0.15) is 0 Å². The molecule has 3 aromatic heterocycles. The van der Waals surface area contributed by atoms with Crippen molar-refractivity contribution in [2.75, 3.05) is 17.7 Å². The Balaban J connectivity index is 1.60. The first-order chi connectivity index (χ1) is 17.6. The van der Waals surface area contributed by atoms with Crippen LogP contribution in [0.1, 0.15) is 35.6 Å². The van der Waals surface area contributed by atoms with Crippen LogP contribution in [0.5, 0.6) is 0 Å². The molecule has 10 heteroatoms. The summed E-state index contributed by atoms with van der Waals surface area (Å²) in [6.07, 6.45) is 3.70. The molecule has 37 heavy (non-hydrogen) atoms. The molecular weight excluding hydrogens is 475 g/mol. The molecule has 0 unspecified atom stereocenters. The van der Waals surface area contributed by atoms with Crippen LogP contribution in [-0.2, 0) is 10.4 Å². The lowest BCUT2D eigenvalue weighted by Gasteiger charge is -2.14. The summed E-state index contributed by atoms with van der Waals surface area (Å²) >= 11 is 0. The topological polar surface area (TPSA) is 119 Å². The van der Waals surface area contributed by atoms with Crippen molar-refractivity contribution in [1.29, 1.82) is 0 Å². The van der Waals surface area contributed by atoms with Crippen LogP contribution in [0.3, 0.4) is 0 Å². The Bertz CT molecular complexity index is 1470. The molecule has 0 aliphatic carbocycles. The van der Waals surface area contributed by atoms with Gasteiger partial charge < -0.3 is 10.1 Å². The number of alkyl halides is 1. The van der Waals surface area contributed by atoms with Crippen molar-refractivity contribution < 1.29 is 18.7 Å². The quantitative estimate of drug-likeness (QED) is 0.356. The molecule has 0 saturated carbocycles. The van der Waals surface area contributed by atoms with E-state index in [1.54, 1.807) is 12.3 Å². The number of halogens is 1. The van der Waals surface area contributed by atoms with E-state index in [1.165, 1.54) is 45.6 Å². The van der Waals surface area contributed by atoms with Crippen molar-refractivity contribution in [2.45, 2.75) is 26.4 Å². The van der Waals surface area contributed by atoms with Crippen LogP contribution in [-0.4, -0.2) is 39.0 Å². The van der Waals surface area contributed by atoms with E-state index >= 15 is 0 Å². The van der Waals surface area contributed by atoms with Gasteiger partial charge in [-0.25, -0.2) is 19.2 Å². The molecule has 4 rings (SSSR count). The Morgan fingerprint density at radius 1 is 0.946 bits per heavy atom. The minimum atomic E-state index is -1.67. The predicted molar refractivity (Wildman–Crippen MR) is 138 cm³/mol. The van der Waals surface area contributed by atoms with Gasteiger partial charge in [-0.15, -0.1) is 0 Å². The normalized spacial score (nSPS) is 11.1. The minimum absolute atomic E-state index is 0.175. The van der Waals surface area contributed by atoms with Crippen molar-refractivity contribution in [3.8, 4) is 22.4 Å². The number of carbonyl (C=O) groups is 2. The average molecular weight is 501 g/mol. The SMILES string of the molecule is COC(=O)Nc1cc(-c2cccc(-c3cc(NC(=O)c4ccnc(C(C)(C)F)c4)cnc3C)c2)ncn1. The zero-order chi connectivity index (χ0) is 26.6. The van der Waals surface area contributed by atoms with Crippen molar-refractivity contribution in [1.82, 2.24) is 19.9 Å². The molecule has 2 N–H and O–H groups in total. The highest BCUT2D eigenvalue weighted by Gasteiger charge is 2.22. The number of nitrogens with one attached hydrogen (secondary N) is 2. The molecule has 3 heterocycles. The van der Waals surface area contributed by atoms with E-state index in [-0.39, 0.29) is 5.69 Å². The van der Waals surface area contributed by atoms with Crippen LogP contribution in [0.25, 0.3) is 22.4 Å². The largest absolute Gasteiger partial charge is 0.453 e. The second kappa shape index (κ2) is 10.5. The Morgan fingerprint density at radius 2 is 1.73 bits per heavy atom. The number of rotatable bonds is 6. The van der Waals surface area contributed by atoms with Gasteiger partial charge in [-0.3, -0.25) is 20.1 Å². The first kappa shape index (κ1) is 25.4. The molecule has 0 atom stereocenters. The van der Waals surface area contributed by atoms with Crippen molar-refractivity contribution >= 4 is 23.5 Å². The van der Waals surface area contributed by atoms with Gasteiger partial charge in [0.15, 0.2) is 0 Å². The first-order valence-corrected chi connectivity index (χ1v) is 11.4. The second-order valence-corrected chi connectivity index (χ2v) is 8.70. The van der Waals surface area contributed by atoms with Crippen LogP contribution in [0.15, 0.2) is 67.3 Å². The van der Waals surface area contributed by atoms with Gasteiger partial charge in [-0.05, 0) is 50.6 Å². The number of ether oxygens (including phenoxy) is 1. The summed E-state index contributed by atoms with van der Waals surface area (Å²) in [5, 5.41) is 5.35. The number of hydrogen-bond donors (Lipinski definition) is 2. The van der Waals surface area contributed by atoms with Crippen molar-refractivity contribution in [3.05, 3.63) is 84.2 Å². The number of aromatic nitrogens is 4. The number of pyridine rings is 2. The maximum atomic E-state index is 14.3. The summed E-state index contributed by atoms with van der Waals surface area (Å²) in [6, 6.07) is 14.0. The molecule has 0 aliphatic heterocycles. The number of anilines is 2. The lowest BCUT2D eigenvalue weighted by Crippen LogP contribution is -2.16. The lowest BCUT2D eigenvalue weighted by molar-refractivity contribution is 0.102. The summed E-state index contributed by atoms with van der Waals surface area (Å²) in [7, 11) is 1.27. The standard InChI is InChI=1S/C27H25FN6O3/c1-16-21(12-20(14-30-16)33-25(35)19-8-9-29-23(11-19)27(2,3)28)17-6-5-7-18(10-17)22-13-24(32-15-31-22)34-26(36)37-4/h5-15H,1-4H3,(H,33,35)(H,31,32,34,36). The van der Waals surface area contributed by atoms with Gasteiger partial charge in [-0.1, -0.05) is 18.2 Å². The third-order valence-electron chi connectivity index (χ3n) is 5.53. The van der Waals surface area contributed by atoms with Gasteiger partial charge >= 0.3 is 6.09 Å². The smallest absolute Gasteiger partial charge is 0.412 e. The highest BCUT2D eigenvalue weighted by Crippen LogP contribution is 2.30. The van der Waals surface area contributed by atoms with E-state index in [4.69, 9.17) is 0 Å². The number of hydrogen-bond acceptors (Lipinski definition) is 7. The zero-order valence-corrected chi connectivity index (χ0v) is 20.7. The predicted octanol–water partition coefficient (Wildman–Crippen LogP) is 5.54. The monoisotopic (exact) mass is 500 g/mol. The van der Waals surface area contributed by atoms with Crippen LogP contribution in [0.4, 0.5) is 20.7 Å². The highest BCUT2D eigenvalue weighted by molar-refractivity contribution is 6.04. The Labute approximate surface area is 213 Å². The maximum Gasteiger partial charge on any atom is 0.412 e. The molecule has 2 amide bonds. The third-order valence-corrected chi connectivity index (χ3v) is 5.53. The Kier molecular flexibility index (Phi) is 7.19. The van der Waals surface area contributed by atoms with Gasteiger partial charge in [0.2, 0.25) is 0 Å². The van der Waals surface area contributed by atoms with E-state index in [0.29, 0.717) is 22.8 Å². The number of aryl methyl sites for hydroxylation is 1. The number of amides is 2. The van der Waals surface area contributed by atoms with E-state index in [2.05, 4.69) is 35.3 Å². The average Bonchev–Trinajstić information content (AvgIpc) is 2.89. The Morgan fingerprint density at radius 3 is 2.49 bits per heavy atom. The summed E-state index contributed by atoms with van der Waals surface area (Å²) in [6.45, 7) is 4.65. The first-order valence-electron chi connectivity index (χ1n) is 11.4. The molecule has 9 nitrogen and oxygen atoms in total. The lowest BCUT2D eigenvalue weighted by atomic mass is 10.00.